The van der Waals surface area contributed by atoms with Crippen LogP contribution in [0, 0.1) is 5.92 Å². The molecule has 1 aliphatic rings. The summed E-state index contributed by atoms with van der Waals surface area (Å²) in [6.45, 7) is 2.62. The first-order valence-corrected chi connectivity index (χ1v) is 10.5. The SMILES string of the molecule is CCCCc1nc(Cl)c(C=O)n1Cc1ccc(OC(=O)CC2CCCC2)cc1. The highest BCUT2D eigenvalue weighted by Crippen LogP contribution is 2.28. The second-order valence-corrected chi connectivity index (χ2v) is 7.84. The lowest BCUT2D eigenvalue weighted by Gasteiger charge is -2.11. The number of carbonyl (C=O) groups excluding carboxylic acids is 2. The lowest BCUT2D eigenvalue weighted by molar-refractivity contribution is -0.135. The van der Waals surface area contributed by atoms with Crippen LogP contribution in [0.15, 0.2) is 24.3 Å². The van der Waals surface area contributed by atoms with E-state index in [1.54, 1.807) is 12.1 Å². The summed E-state index contributed by atoms with van der Waals surface area (Å²) in [6.07, 6.45) is 8.75. The minimum Gasteiger partial charge on any atom is -0.427 e. The molecule has 1 fully saturated rings. The van der Waals surface area contributed by atoms with Crippen molar-refractivity contribution in [1.82, 2.24) is 9.55 Å². The third kappa shape index (κ3) is 5.22. The summed E-state index contributed by atoms with van der Waals surface area (Å²) in [5.41, 5.74) is 1.39. The third-order valence-corrected chi connectivity index (χ3v) is 5.61. The maximum absolute atomic E-state index is 12.1. The lowest BCUT2D eigenvalue weighted by atomic mass is 10.0. The average molecular weight is 403 g/mol. The zero-order valence-corrected chi connectivity index (χ0v) is 17.1. The van der Waals surface area contributed by atoms with Crippen molar-refractivity contribution in [3.05, 3.63) is 46.5 Å². The van der Waals surface area contributed by atoms with Gasteiger partial charge in [-0.15, -0.1) is 0 Å². The molecule has 6 heteroatoms. The first-order chi connectivity index (χ1) is 13.6. The molecule has 1 heterocycles. The van der Waals surface area contributed by atoms with Crippen molar-refractivity contribution >= 4 is 23.9 Å². The number of halogens is 1. The van der Waals surface area contributed by atoms with E-state index >= 15 is 0 Å². The number of carbonyl (C=O) groups is 2. The van der Waals surface area contributed by atoms with Gasteiger partial charge in [-0.25, -0.2) is 4.98 Å². The van der Waals surface area contributed by atoms with Crippen LogP contribution in [0.3, 0.4) is 0 Å². The van der Waals surface area contributed by atoms with E-state index in [4.69, 9.17) is 16.3 Å². The number of rotatable bonds is 9. The van der Waals surface area contributed by atoms with Crippen LogP contribution in [-0.4, -0.2) is 21.8 Å². The molecule has 5 nitrogen and oxygen atoms in total. The van der Waals surface area contributed by atoms with Gasteiger partial charge in [-0.1, -0.05) is 49.9 Å². The van der Waals surface area contributed by atoms with Gasteiger partial charge in [-0.3, -0.25) is 9.59 Å². The van der Waals surface area contributed by atoms with E-state index in [0.717, 1.165) is 49.8 Å². The van der Waals surface area contributed by atoms with Gasteiger partial charge >= 0.3 is 5.97 Å². The van der Waals surface area contributed by atoms with Crippen LogP contribution in [0.25, 0.3) is 0 Å². The minimum absolute atomic E-state index is 0.161. The van der Waals surface area contributed by atoms with Gasteiger partial charge in [0.1, 0.15) is 17.3 Å². The molecule has 0 saturated heterocycles. The van der Waals surface area contributed by atoms with E-state index in [1.165, 1.54) is 12.8 Å². The number of hydrogen-bond donors (Lipinski definition) is 0. The van der Waals surface area contributed by atoms with Crippen molar-refractivity contribution < 1.29 is 14.3 Å². The Morgan fingerprint density at radius 3 is 2.64 bits per heavy atom. The van der Waals surface area contributed by atoms with Crippen molar-refractivity contribution in [3.8, 4) is 5.75 Å². The molecule has 0 radical (unpaired) electrons. The molecule has 0 atom stereocenters. The lowest BCUT2D eigenvalue weighted by Crippen LogP contribution is -2.12. The maximum atomic E-state index is 12.1. The van der Waals surface area contributed by atoms with E-state index in [1.807, 2.05) is 16.7 Å². The molecule has 2 aromatic rings. The first-order valence-electron chi connectivity index (χ1n) is 10.1. The van der Waals surface area contributed by atoms with Gasteiger partial charge in [0, 0.05) is 19.4 Å². The number of unbranched alkanes of at least 4 members (excludes halogenated alkanes) is 1. The van der Waals surface area contributed by atoms with Crippen molar-refractivity contribution in [2.75, 3.05) is 0 Å². The largest absolute Gasteiger partial charge is 0.427 e. The number of ether oxygens (including phenoxy) is 1. The Balaban J connectivity index is 1.65. The molecular weight excluding hydrogens is 376 g/mol. The van der Waals surface area contributed by atoms with E-state index in [9.17, 15) is 9.59 Å². The Hall–Kier alpha value is -2.14. The molecular formula is C22H27ClN2O3. The van der Waals surface area contributed by atoms with Crippen molar-refractivity contribution in [1.29, 1.82) is 0 Å². The second-order valence-electron chi connectivity index (χ2n) is 7.48. The fourth-order valence-electron chi connectivity index (χ4n) is 3.76. The normalized spacial score (nSPS) is 14.4. The predicted octanol–water partition coefficient (Wildman–Crippen LogP) is 5.23. The highest BCUT2D eigenvalue weighted by atomic mass is 35.5. The summed E-state index contributed by atoms with van der Waals surface area (Å²) in [5, 5.41) is 0.249. The number of imidazole rings is 1. The standard InChI is InChI=1S/C22H27ClN2O3/c1-2-3-8-20-24-22(23)19(15-26)25(20)14-17-9-11-18(12-10-17)28-21(27)13-16-6-4-5-7-16/h9-12,15-16H,2-8,13-14H2,1H3. The predicted molar refractivity (Wildman–Crippen MR) is 109 cm³/mol. The van der Waals surface area contributed by atoms with Gasteiger partial charge in [0.25, 0.3) is 0 Å². The number of aromatic nitrogens is 2. The monoisotopic (exact) mass is 402 g/mol. The summed E-state index contributed by atoms with van der Waals surface area (Å²) in [7, 11) is 0. The van der Waals surface area contributed by atoms with Crippen molar-refractivity contribution in [2.45, 2.75) is 64.8 Å². The van der Waals surface area contributed by atoms with Gasteiger partial charge in [-0.2, -0.15) is 0 Å². The van der Waals surface area contributed by atoms with Crippen LogP contribution in [-0.2, 0) is 17.8 Å². The molecule has 0 unspecified atom stereocenters. The Kier molecular flexibility index (Phi) is 7.26. The van der Waals surface area contributed by atoms with Crippen LogP contribution in [0.2, 0.25) is 5.15 Å². The van der Waals surface area contributed by atoms with Crippen molar-refractivity contribution in [3.63, 3.8) is 0 Å². The highest BCUT2D eigenvalue weighted by Gasteiger charge is 2.20. The molecule has 1 aromatic carbocycles. The fraction of sp³-hybridized carbons (Fsp3) is 0.500. The van der Waals surface area contributed by atoms with Crippen molar-refractivity contribution in [2.24, 2.45) is 5.92 Å². The van der Waals surface area contributed by atoms with Crippen LogP contribution in [0.1, 0.15) is 73.7 Å². The topological polar surface area (TPSA) is 61.2 Å². The Morgan fingerprint density at radius 1 is 1.29 bits per heavy atom. The zero-order chi connectivity index (χ0) is 19.9. The molecule has 0 aliphatic heterocycles. The van der Waals surface area contributed by atoms with Crippen LogP contribution < -0.4 is 4.74 Å². The number of esters is 1. The number of hydrogen-bond acceptors (Lipinski definition) is 4. The average Bonchev–Trinajstić information content (AvgIpc) is 3.29. The van der Waals surface area contributed by atoms with Gasteiger partial charge in [0.2, 0.25) is 0 Å². The summed E-state index contributed by atoms with van der Waals surface area (Å²) < 4.78 is 7.34. The van der Waals surface area contributed by atoms with Gasteiger partial charge in [-0.05, 0) is 42.9 Å². The Bertz CT molecular complexity index is 808. The molecule has 3 rings (SSSR count). The summed E-state index contributed by atoms with van der Waals surface area (Å²) in [5.74, 6) is 1.69. The maximum Gasteiger partial charge on any atom is 0.311 e. The van der Waals surface area contributed by atoms with Gasteiger partial charge in [0.15, 0.2) is 11.4 Å². The molecule has 0 N–H and O–H groups in total. The van der Waals surface area contributed by atoms with Crippen LogP contribution >= 0.6 is 11.6 Å². The summed E-state index contributed by atoms with van der Waals surface area (Å²) >= 11 is 6.13. The smallest absolute Gasteiger partial charge is 0.311 e. The van der Waals surface area contributed by atoms with E-state index in [-0.39, 0.29) is 11.1 Å². The number of nitrogens with zero attached hydrogens (tertiary/aromatic N) is 2. The van der Waals surface area contributed by atoms with E-state index < -0.39 is 0 Å². The fourth-order valence-corrected chi connectivity index (χ4v) is 4.01. The minimum atomic E-state index is -0.161. The Labute approximate surface area is 171 Å². The van der Waals surface area contributed by atoms with E-state index in [2.05, 4.69) is 11.9 Å². The number of benzene rings is 1. The van der Waals surface area contributed by atoms with Gasteiger partial charge in [0.05, 0.1) is 0 Å². The number of aryl methyl sites for hydroxylation is 1. The molecule has 150 valence electrons. The molecule has 0 amide bonds. The molecule has 0 spiro atoms. The quantitative estimate of drug-likeness (QED) is 0.327. The number of aldehydes is 1. The van der Waals surface area contributed by atoms with Crippen LogP contribution in [0.4, 0.5) is 0 Å². The van der Waals surface area contributed by atoms with E-state index in [0.29, 0.717) is 30.3 Å². The zero-order valence-electron chi connectivity index (χ0n) is 16.3. The molecule has 1 saturated carbocycles. The Morgan fingerprint density at radius 2 is 2.00 bits per heavy atom. The molecule has 28 heavy (non-hydrogen) atoms. The highest BCUT2D eigenvalue weighted by molar-refractivity contribution is 6.31. The summed E-state index contributed by atoms with van der Waals surface area (Å²) in [4.78, 5) is 27.9. The molecule has 1 aromatic heterocycles. The molecule has 1 aliphatic carbocycles. The second kappa shape index (κ2) is 9.87. The summed E-state index contributed by atoms with van der Waals surface area (Å²) in [6, 6.07) is 7.41. The van der Waals surface area contributed by atoms with Crippen LogP contribution in [0.5, 0.6) is 5.75 Å². The molecule has 0 bridgehead atoms. The first kappa shape index (κ1) is 20.6. The third-order valence-electron chi connectivity index (χ3n) is 5.33. The van der Waals surface area contributed by atoms with Gasteiger partial charge < -0.3 is 9.30 Å².